The van der Waals surface area contributed by atoms with Crippen LogP contribution in [0.2, 0.25) is 0 Å². The average molecular weight is 333 g/mol. The van der Waals surface area contributed by atoms with Crippen LogP contribution in [0.5, 0.6) is 0 Å². The monoisotopic (exact) mass is 333 g/mol. The summed E-state index contributed by atoms with van der Waals surface area (Å²) in [6.45, 7) is 1.98. The summed E-state index contributed by atoms with van der Waals surface area (Å²) in [5, 5.41) is 12.0. The Morgan fingerprint density at radius 1 is 1.17 bits per heavy atom. The minimum absolute atomic E-state index is 0.149. The molecule has 1 amide bonds. The topological polar surface area (TPSA) is 84.9 Å². The molecule has 0 heterocycles. The zero-order chi connectivity index (χ0) is 17.1. The predicted molar refractivity (Wildman–Crippen MR) is 88.5 cm³/mol. The van der Waals surface area contributed by atoms with E-state index in [1.807, 2.05) is 0 Å². The number of nitrogens with one attached hydrogen (secondary N) is 1. The third-order valence-corrected chi connectivity index (χ3v) is 4.70. The first kappa shape index (κ1) is 16.8. The molecule has 0 fully saturated rings. The van der Waals surface area contributed by atoms with Gasteiger partial charge >= 0.3 is 12.1 Å². The number of hydrogen-bond acceptors (Lipinski definition) is 4. The van der Waals surface area contributed by atoms with E-state index < -0.39 is 18.2 Å². The molecule has 6 nitrogen and oxygen atoms in total. The van der Waals surface area contributed by atoms with E-state index >= 15 is 0 Å². The maximum Gasteiger partial charge on any atom is 0.412 e. The first-order valence-electron chi connectivity index (χ1n) is 8.54. The van der Waals surface area contributed by atoms with E-state index in [1.54, 1.807) is 6.92 Å². The molecule has 0 aliphatic heterocycles. The van der Waals surface area contributed by atoms with Crippen molar-refractivity contribution in [3.63, 3.8) is 0 Å². The zero-order valence-corrected chi connectivity index (χ0v) is 13.9. The molecule has 2 N–H and O–H groups in total. The second kappa shape index (κ2) is 7.21. The van der Waals surface area contributed by atoms with Crippen molar-refractivity contribution in [2.24, 2.45) is 0 Å². The minimum Gasteiger partial charge on any atom is -0.478 e. The molecule has 0 bridgehead atoms. The fourth-order valence-electron chi connectivity index (χ4n) is 3.61. The molecule has 24 heavy (non-hydrogen) atoms. The van der Waals surface area contributed by atoms with Gasteiger partial charge in [0.1, 0.15) is 0 Å². The predicted octanol–water partition coefficient (Wildman–Crippen LogP) is 2.70. The fourth-order valence-corrected chi connectivity index (χ4v) is 3.61. The summed E-state index contributed by atoms with van der Waals surface area (Å²) in [6.07, 6.45) is 4.11. The van der Waals surface area contributed by atoms with E-state index in [-0.39, 0.29) is 6.61 Å². The Hall–Kier alpha value is -2.08. The summed E-state index contributed by atoms with van der Waals surface area (Å²) in [5.74, 6) is -1.21. The van der Waals surface area contributed by atoms with Crippen LogP contribution in [-0.2, 0) is 40.0 Å². The van der Waals surface area contributed by atoms with Crippen molar-refractivity contribution in [1.82, 2.24) is 0 Å². The van der Waals surface area contributed by atoms with Crippen molar-refractivity contribution in [2.45, 2.75) is 51.6 Å². The Kier molecular flexibility index (Phi) is 5.04. The molecular formula is C18H23NO5. The van der Waals surface area contributed by atoms with Crippen LogP contribution in [-0.4, -0.2) is 36.5 Å². The molecule has 3 rings (SSSR count). The molecule has 130 valence electrons. The molecule has 1 atom stereocenters. The number of carboxylic acids is 1. The van der Waals surface area contributed by atoms with Gasteiger partial charge in [-0.15, -0.1) is 0 Å². The van der Waals surface area contributed by atoms with Crippen molar-refractivity contribution < 1.29 is 24.2 Å². The van der Waals surface area contributed by atoms with Gasteiger partial charge < -0.3 is 14.6 Å². The van der Waals surface area contributed by atoms with Gasteiger partial charge in [-0.25, -0.2) is 9.59 Å². The molecule has 6 heteroatoms. The first-order valence-corrected chi connectivity index (χ1v) is 8.54. The normalized spacial score (nSPS) is 16.4. The number of rotatable bonds is 6. The average Bonchev–Trinajstić information content (AvgIpc) is 3.19. The van der Waals surface area contributed by atoms with E-state index in [0.29, 0.717) is 6.61 Å². The van der Waals surface area contributed by atoms with Crippen LogP contribution in [0.3, 0.4) is 0 Å². The highest BCUT2D eigenvalue weighted by molar-refractivity contribution is 5.90. The van der Waals surface area contributed by atoms with Crippen molar-refractivity contribution in [3.8, 4) is 0 Å². The van der Waals surface area contributed by atoms with Gasteiger partial charge in [0.2, 0.25) is 6.10 Å². The van der Waals surface area contributed by atoms with Crippen LogP contribution >= 0.6 is 0 Å². The van der Waals surface area contributed by atoms with E-state index in [4.69, 9.17) is 14.6 Å². The van der Waals surface area contributed by atoms with Gasteiger partial charge in [-0.3, -0.25) is 5.32 Å². The Bertz CT molecular complexity index is 623. The smallest absolute Gasteiger partial charge is 0.412 e. The SMILES string of the molecule is CCOCC(OC(=O)Nc1c2c(cc3c1CCC3)CCC2)C(=O)O. The maximum atomic E-state index is 12.2. The number of carbonyl (C=O) groups is 2. The molecule has 0 saturated heterocycles. The number of fused-ring (bicyclic) bond motifs is 2. The fraction of sp³-hybridized carbons (Fsp3) is 0.556. The number of anilines is 1. The molecule has 2 aliphatic rings. The van der Waals surface area contributed by atoms with Crippen LogP contribution in [0, 0.1) is 0 Å². The highest BCUT2D eigenvalue weighted by Gasteiger charge is 2.27. The number of ether oxygens (including phenoxy) is 2. The lowest BCUT2D eigenvalue weighted by Gasteiger charge is -2.18. The lowest BCUT2D eigenvalue weighted by molar-refractivity contribution is -0.149. The Morgan fingerprint density at radius 2 is 1.79 bits per heavy atom. The summed E-state index contributed by atoms with van der Waals surface area (Å²) in [4.78, 5) is 23.4. The summed E-state index contributed by atoms with van der Waals surface area (Å²) in [6, 6.07) is 2.27. The summed E-state index contributed by atoms with van der Waals surface area (Å²) in [7, 11) is 0. The van der Waals surface area contributed by atoms with E-state index in [2.05, 4.69) is 11.4 Å². The van der Waals surface area contributed by atoms with Crippen LogP contribution in [0.4, 0.5) is 10.5 Å². The molecule has 2 aliphatic carbocycles. The number of aryl methyl sites for hydroxylation is 2. The second-order valence-electron chi connectivity index (χ2n) is 6.25. The van der Waals surface area contributed by atoms with Gasteiger partial charge in [0.05, 0.1) is 12.3 Å². The Morgan fingerprint density at radius 3 is 2.33 bits per heavy atom. The molecule has 0 spiro atoms. The van der Waals surface area contributed by atoms with E-state index in [0.717, 1.165) is 44.2 Å². The number of carboxylic acid groups (broad SMARTS) is 1. The van der Waals surface area contributed by atoms with Crippen molar-refractivity contribution in [3.05, 3.63) is 28.3 Å². The van der Waals surface area contributed by atoms with Crippen molar-refractivity contribution in [2.75, 3.05) is 18.5 Å². The largest absolute Gasteiger partial charge is 0.478 e. The van der Waals surface area contributed by atoms with Gasteiger partial charge in [-0.2, -0.15) is 0 Å². The Labute approximate surface area is 141 Å². The van der Waals surface area contributed by atoms with Crippen molar-refractivity contribution in [1.29, 1.82) is 0 Å². The van der Waals surface area contributed by atoms with E-state index in [1.165, 1.54) is 22.3 Å². The first-order chi connectivity index (χ1) is 11.6. The zero-order valence-electron chi connectivity index (χ0n) is 13.9. The Balaban J connectivity index is 1.76. The number of hydrogen-bond donors (Lipinski definition) is 2. The minimum atomic E-state index is -1.30. The lowest BCUT2D eigenvalue weighted by atomic mass is 9.99. The summed E-state index contributed by atoms with van der Waals surface area (Å²) >= 11 is 0. The molecule has 1 aromatic carbocycles. The van der Waals surface area contributed by atoms with E-state index in [9.17, 15) is 9.59 Å². The molecule has 1 unspecified atom stereocenters. The van der Waals surface area contributed by atoms with Crippen molar-refractivity contribution >= 4 is 17.7 Å². The van der Waals surface area contributed by atoms with Crippen LogP contribution in [0.15, 0.2) is 6.07 Å². The number of aliphatic carboxylic acids is 1. The lowest BCUT2D eigenvalue weighted by Crippen LogP contribution is -2.33. The highest BCUT2D eigenvalue weighted by Crippen LogP contribution is 2.38. The van der Waals surface area contributed by atoms with Gasteiger partial charge in [-0.05, 0) is 67.7 Å². The third-order valence-electron chi connectivity index (χ3n) is 4.70. The molecule has 0 radical (unpaired) electrons. The molecule has 0 saturated carbocycles. The van der Waals surface area contributed by atoms with Crippen LogP contribution < -0.4 is 5.32 Å². The third kappa shape index (κ3) is 3.38. The number of amides is 1. The van der Waals surface area contributed by atoms with Crippen LogP contribution in [0.1, 0.15) is 42.0 Å². The highest BCUT2D eigenvalue weighted by atomic mass is 16.6. The molecule has 1 aromatic rings. The number of benzene rings is 1. The quantitative estimate of drug-likeness (QED) is 0.836. The standard InChI is InChI=1S/C18H23NO5/c1-2-23-10-15(17(20)21)24-18(22)19-16-13-7-3-5-11(13)9-12-6-4-8-14(12)16/h9,15H,2-8,10H2,1H3,(H,19,22)(H,20,21). The van der Waals surface area contributed by atoms with Gasteiger partial charge in [0.25, 0.3) is 0 Å². The number of carbonyl (C=O) groups excluding carboxylic acids is 1. The van der Waals surface area contributed by atoms with Crippen LogP contribution in [0.25, 0.3) is 0 Å². The van der Waals surface area contributed by atoms with Gasteiger partial charge in [0.15, 0.2) is 0 Å². The van der Waals surface area contributed by atoms with Gasteiger partial charge in [-0.1, -0.05) is 6.07 Å². The molecular weight excluding hydrogens is 310 g/mol. The molecule has 0 aromatic heterocycles. The maximum absolute atomic E-state index is 12.2. The van der Waals surface area contributed by atoms with Gasteiger partial charge in [0, 0.05) is 6.61 Å². The summed E-state index contributed by atoms with van der Waals surface area (Å²) < 4.78 is 10.1. The second-order valence-corrected chi connectivity index (χ2v) is 6.25. The summed E-state index contributed by atoms with van der Waals surface area (Å²) in [5.41, 5.74) is 5.82.